The molecule has 0 spiro atoms. The number of ether oxygens (including phenoxy) is 1. The van der Waals surface area contributed by atoms with Gasteiger partial charge in [-0.05, 0) is 95.8 Å². The van der Waals surface area contributed by atoms with Crippen molar-refractivity contribution >= 4 is 0 Å². The minimum absolute atomic E-state index is 0.563. The van der Waals surface area contributed by atoms with E-state index in [1.54, 1.807) is 0 Å². The molecule has 122 valence electrons. The summed E-state index contributed by atoms with van der Waals surface area (Å²) in [6, 6.07) is 0. The van der Waals surface area contributed by atoms with E-state index in [9.17, 15) is 0 Å². The van der Waals surface area contributed by atoms with Crippen LogP contribution < -0.4 is 5.32 Å². The van der Waals surface area contributed by atoms with Crippen LogP contribution in [0.3, 0.4) is 0 Å². The average molecular weight is 294 g/mol. The monoisotopic (exact) mass is 294 g/mol. The van der Waals surface area contributed by atoms with Crippen LogP contribution in [-0.2, 0) is 4.74 Å². The van der Waals surface area contributed by atoms with E-state index in [0.717, 1.165) is 25.0 Å². The summed E-state index contributed by atoms with van der Waals surface area (Å²) in [5, 5.41) is 3.56. The smallest absolute Gasteiger partial charge is 0.0597 e. The highest BCUT2D eigenvalue weighted by Gasteiger charge is 2.25. The molecule has 0 aromatic rings. The first kappa shape index (κ1) is 15.8. The van der Waals surface area contributed by atoms with E-state index in [-0.39, 0.29) is 0 Å². The standard InChI is InChI=1S/C18H34N2O/c1-2-11-20(10-1)12-13-21-18-7-5-16(6-8-18)14-17-4-3-9-19-15-17/h16-19H,1-15H2. The molecule has 2 heterocycles. The van der Waals surface area contributed by atoms with E-state index in [2.05, 4.69) is 10.2 Å². The largest absolute Gasteiger partial charge is 0.377 e. The number of nitrogens with zero attached hydrogens (tertiary/aromatic N) is 1. The molecule has 3 heteroatoms. The lowest BCUT2D eigenvalue weighted by Crippen LogP contribution is -2.32. The molecule has 3 nitrogen and oxygen atoms in total. The highest BCUT2D eigenvalue weighted by atomic mass is 16.5. The zero-order valence-corrected chi connectivity index (χ0v) is 13.7. The fourth-order valence-corrected chi connectivity index (χ4v) is 4.49. The maximum atomic E-state index is 6.13. The van der Waals surface area contributed by atoms with Crippen molar-refractivity contribution in [3.8, 4) is 0 Å². The van der Waals surface area contributed by atoms with Gasteiger partial charge in [0.25, 0.3) is 0 Å². The Bertz CT molecular complexity index is 277. The molecule has 2 saturated heterocycles. The van der Waals surface area contributed by atoms with Gasteiger partial charge < -0.3 is 15.0 Å². The van der Waals surface area contributed by atoms with Gasteiger partial charge in [-0.15, -0.1) is 0 Å². The summed E-state index contributed by atoms with van der Waals surface area (Å²) in [5.41, 5.74) is 0. The molecule has 0 bridgehead atoms. The van der Waals surface area contributed by atoms with Gasteiger partial charge in [0.2, 0.25) is 0 Å². The van der Waals surface area contributed by atoms with Gasteiger partial charge in [0, 0.05) is 6.54 Å². The van der Waals surface area contributed by atoms with Crippen LogP contribution in [0.1, 0.15) is 57.8 Å². The molecule has 3 fully saturated rings. The Morgan fingerprint density at radius 1 is 0.905 bits per heavy atom. The van der Waals surface area contributed by atoms with E-state index in [1.807, 2.05) is 0 Å². The second kappa shape index (κ2) is 8.50. The predicted octanol–water partition coefficient (Wildman–Crippen LogP) is 3.05. The topological polar surface area (TPSA) is 24.5 Å². The molecule has 0 aromatic heterocycles. The molecule has 1 aliphatic carbocycles. The Morgan fingerprint density at radius 3 is 2.43 bits per heavy atom. The van der Waals surface area contributed by atoms with Crippen LogP contribution in [0.25, 0.3) is 0 Å². The third kappa shape index (κ3) is 5.22. The lowest BCUT2D eigenvalue weighted by Gasteiger charge is -2.32. The number of hydrogen-bond donors (Lipinski definition) is 1. The van der Waals surface area contributed by atoms with Crippen LogP contribution in [0.4, 0.5) is 0 Å². The van der Waals surface area contributed by atoms with E-state index in [1.165, 1.54) is 84.0 Å². The van der Waals surface area contributed by atoms with Gasteiger partial charge in [0.05, 0.1) is 12.7 Å². The van der Waals surface area contributed by atoms with Gasteiger partial charge in [0.15, 0.2) is 0 Å². The molecular formula is C18H34N2O. The number of rotatable bonds is 6. The van der Waals surface area contributed by atoms with E-state index >= 15 is 0 Å². The number of nitrogens with one attached hydrogen (secondary N) is 1. The maximum absolute atomic E-state index is 6.13. The summed E-state index contributed by atoms with van der Waals surface area (Å²) in [6.45, 7) is 7.23. The summed E-state index contributed by atoms with van der Waals surface area (Å²) in [7, 11) is 0. The van der Waals surface area contributed by atoms with Crippen molar-refractivity contribution in [2.75, 3.05) is 39.3 Å². The Labute approximate surface area is 130 Å². The number of hydrogen-bond acceptors (Lipinski definition) is 3. The van der Waals surface area contributed by atoms with E-state index in [4.69, 9.17) is 4.74 Å². The van der Waals surface area contributed by atoms with Crippen molar-refractivity contribution in [1.29, 1.82) is 0 Å². The van der Waals surface area contributed by atoms with Crippen LogP contribution >= 0.6 is 0 Å². The lowest BCUT2D eigenvalue weighted by molar-refractivity contribution is 0.00700. The third-order valence-electron chi connectivity index (χ3n) is 5.82. The summed E-state index contributed by atoms with van der Waals surface area (Å²) >= 11 is 0. The van der Waals surface area contributed by atoms with Crippen molar-refractivity contribution in [2.24, 2.45) is 11.8 Å². The van der Waals surface area contributed by atoms with Crippen LogP contribution in [-0.4, -0.2) is 50.3 Å². The second-order valence-electron chi connectivity index (χ2n) is 7.51. The third-order valence-corrected chi connectivity index (χ3v) is 5.82. The summed E-state index contributed by atoms with van der Waals surface area (Å²) in [5.74, 6) is 1.93. The van der Waals surface area contributed by atoms with Gasteiger partial charge in [-0.25, -0.2) is 0 Å². The van der Waals surface area contributed by atoms with Crippen molar-refractivity contribution in [1.82, 2.24) is 10.2 Å². The number of piperidine rings is 1. The summed E-state index contributed by atoms with van der Waals surface area (Å²) in [6.07, 6.45) is 13.1. The molecule has 0 aromatic carbocycles. The first-order valence-electron chi connectivity index (χ1n) is 9.45. The molecular weight excluding hydrogens is 260 g/mol. The first-order valence-corrected chi connectivity index (χ1v) is 9.45. The van der Waals surface area contributed by atoms with Crippen LogP contribution in [0.5, 0.6) is 0 Å². The fourth-order valence-electron chi connectivity index (χ4n) is 4.49. The highest BCUT2D eigenvalue weighted by molar-refractivity contribution is 4.78. The normalized spacial score (nSPS) is 35.1. The molecule has 1 saturated carbocycles. The second-order valence-corrected chi connectivity index (χ2v) is 7.51. The summed E-state index contributed by atoms with van der Waals surface area (Å²) < 4.78 is 6.13. The summed E-state index contributed by atoms with van der Waals surface area (Å²) in [4.78, 5) is 2.56. The van der Waals surface area contributed by atoms with Gasteiger partial charge in [-0.3, -0.25) is 0 Å². The zero-order valence-electron chi connectivity index (χ0n) is 13.7. The Hall–Kier alpha value is -0.120. The van der Waals surface area contributed by atoms with Gasteiger partial charge in [-0.2, -0.15) is 0 Å². The van der Waals surface area contributed by atoms with Crippen molar-refractivity contribution in [2.45, 2.75) is 63.9 Å². The SMILES string of the molecule is C1CNCC(CC2CCC(OCCN3CCCC3)CC2)C1. The molecule has 1 atom stereocenters. The van der Waals surface area contributed by atoms with Gasteiger partial charge in [0.1, 0.15) is 0 Å². The molecule has 1 unspecified atom stereocenters. The van der Waals surface area contributed by atoms with Crippen molar-refractivity contribution in [3.63, 3.8) is 0 Å². The Morgan fingerprint density at radius 2 is 1.71 bits per heavy atom. The van der Waals surface area contributed by atoms with Crippen LogP contribution in [0, 0.1) is 11.8 Å². The average Bonchev–Trinajstić information content (AvgIpc) is 3.03. The van der Waals surface area contributed by atoms with Crippen LogP contribution in [0.15, 0.2) is 0 Å². The first-order chi connectivity index (χ1) is 10.4. The Balaban J connectivity index is 1.26. The highest BCUT2D eigenvalue weighted by Crippen LogP contribution is 2.32. The quantitative estimate of drug-likeness (QED) is 0.815. The van der Waals surface area contributed by atoms with Crippen molar-refractivity contribution in [3.05, 3.63) is 0 Å². The molecule has 0 radical (unpaired) electrons. The molecule has 3 rings (SSSR count). The minimum Gasteiger partial charge on any atom is -0.377 e. The van der Waals surface area contributed by atoms with Crippen molar-refractivity contribution < 1.29 is 4.74 Å². The molecule has 3 aliphatic rings. The number of likely N-dealkylation sites (tertiary alicyclic amines) is 1. The Kier molecular flexibility index (Phi) is 6.38. The van der Waals surface area contributed by atoms with E-state index < -0.39 is 0 Å². The van der Waals surface area contributed by atoms with E-state index in [0.29, 0.717) is 6.10 Å². The molecule has 1 N–H and O–H groups in total. The lowest BCUT2D eigenvalue weighted by atomic mass is 9.80. The fraction of sp³-hybridized carbons (Fsp3) is 1.00. The predicted molar refractivity (Wildman–Crippen MR) is 87.6 cm³/mol. The minimum atomic E-state index is 0.563. The molecule has 0 amide bonds. The maximum Gasteiger partial charge on any atom is 0.0597 e. The van der Waals surface area contributed by atoms with Crippen LogP contribution in [0.2, 0.25) is 0 Å². The van der Waals surface area contributed by atoms with Gasteiger partial charge >= 0.3 is 0 Å². The molecule has 21 heavy (non-hydrogen) atoms. The molecule has 2 aliphatic heterocycles. The zero-order chi connectivity index (χ0) is 14.3. The van der Waals surface area contributed by atoms with Gasteiger partial charge in [-0.1, -0.05) is 0 Å².